The highest BCUT2D eigenvalue weighted by molar-refractivity contribution is 5.89. The summed E-state index contributed by atoms with van der Waals surface area (Å²) in [5.41, 5.74) is 1.68. The van der Waals surface area contributed by atoms with Gasteiger partial charge in [-0.2, -0.15) is 0 Å². The lowest BCUT2D eigenvalue weighted by Crippen LogP contribution is -2.50. The number of piperazine rings is 1. The van der Waals surface area contributed by atoms with Crippen molar-refractivity contribution in [3.63, 3.8) is 0 Å². The van der Waals surface area contributed by atoms with Crippen LogP contribution in [0.3, 0.4) is 0 Å². The lowest BCUT2D eigenvalue weighted by atomic mass is 10.2. The second-order valence-electron chi connectivity index (χ2n) is 5.17. The summed E-state index contributed by atoms with van der Waals surface area (Å²) in [6.45, 7) is 2.76. The molecule has 1 aliphatic heterocycles. The fraction of sp³-hybridized carbons (Fsp3) is 0.250. The van der Waals surface area contributed by atoms with Gasteiger partial charge in [-0.1, -0.05) is 6.07 Å². The standard InChI is InChI=1S/C16H18N4O2/c21-15-5-1-4-14(11-15)19-7-9-20(10-8-19)16(22)18-13-3-2-6-17-12-13/h1-6,11-12,21H,7-10H2,(H,18,22). The number of carbonyl (C=O) groups excluding carboxylic acids is 1. The van der Waals surface area contributed by atoms with E-state index < -0.39 is 0 Å². The zero-order chi connectivity index (χ0) is 15.4. The summed E-state index contributed by atoms with van der Waals surface area (Å²) < 4.78 is 0. The second kappa shape index (κ2) is 6.34. The van der Waals surface area contributed by atoms with Gasteiger partial charge in [0.25, 0.3) is 0 Å². The molecule has 2 heterocycles. The molecule has 3 rings (SSSR count). The van der Waals surface area contributed by atoms with E-state index in [0.29, 0.717) is 18.8 Å². The minimum absolute atomic E-state index is 0.108. The third-order valence-corrected chi connectivity index (χ3v) is 3.67. The van der Waals surface area contributed by atoms with Crippen LogP contribution in [-0.2, 0) is 0 Å². The van der Waals surface area contributed by atoms with E-state index in [1.165, 1.54) is 0 Å². The summed E-state index contributed by atoms with van der Waals surface area (Å²) in [6.07, 6.45) is 3.30. The second-order valence-corrected chi connectivity index (χ2v) is 5.17. The monoisotopic (exact) mass is 298 g/mol. The highest BCUT2D eigenvalue weighted by atomic mass is 16.3. The van der Waals surface area contributed by atoms with Crippen molar-refractivity contribution in [3.05, 3.63) is 48.8 Å². The predicted molar refractivity (Wildman–Crippen MR) is 85.1 cm³/mol. The molecule has 0 aliphatic carbocycles. The lowest BCUT2D eigenvalue weighted by Gasteiger charge is -2.36. The number of pyridine rings is 1. The Labute approximate surface area is 129 Å². The van der Waals surface area contributed by atoms with Crippen LogP contribution in [0.1, 0.15) is 0 Å². The quantitative estimate of drug-likeness (QED) is 0.891. The summed E-state index contributed by atoms with van der Waals surface area (Å²) in [4.78, 5) is 20.1. The lowest BCUT2D eigenvalue weighted by molar-refractivity contribution is 0.208. The number of aromatic nitrogens is 1. The van der Waals surface area contributed by atoms with Crippen LogP contribution < -0.4 is 10.2 Å². The van der Waals surface area contributed by atoms with Crippen LogP contribution in [0.4, 0.5) is 16.2 Å². The Hall–Kier alpha value is -2.76. The van der Waals surface area contributed by atoms with Crippen LogP contribution in [0.5, 0.6) is 5.75 Å². The molecule has 2 N–H and O–H groups in total. The molecular weight excluding hydrogens is 280 g/mol. The summed E-state index contributed by atoms with van der Waals surface area (Å²) in [5.74, 6) is 0.259. The van der Waals surface area contributed by atoms with Crippen molar-refractivity contribution in [2.24, 2.45) is 0 Å². The molecule has 114 valence electrons. The molecule has 0 unspecified atom stereocenters. The highest BCUT2D eigenvalue weighted by Crippen LogP contribution is 2.21. The molecule has 1 saturated heterocycles. The van der Waals surface area contributed by atoms with E-state index >= 15 is 0 Å². The van der Waals surface area contributed by atoms with E-state index in [0.717, 1.165) is 18.8 Å². The summed E-state index contributed by atoms with van der Waals surface area (Å²) >= 11 is 0. The maximum atomic E-state index is 12.2. The topological polar surface area (TPSA) is 68.7 Å². The number of nitrogens with one attached hydrogen (secondary N) is 1. The molecule has 2 aromatic rings. The molecule has 0 bridgehead atoms. The normalized spacial score (nSPS) is 14.7. The van der Waals surface area contributed by atoms with E-state index in [4.69, 9.17) is 0 Å². The van der Waals surface area contributed by atoms with Crippen molar-refractivity contribution in [1.82, 2.24) is 9.88 Å². The Bertz CT molecular complexity index is 640. The minimum Gasteiger partial charge on any atom is -0.508 e. The number of anilines is 2. The molecule has 2 amide bonds. The van der Waals surface area contributed by atoms with Crippen molar-refractivity contribution < 1.29 is 9.90 Å². The molecule has 1 aromatic heterocycles. The molecule has 0 saturated carbocycles. The van der Waals surface area contributed by atoms with E-state index in [9.17, 15) is 9.90 Å². The average molecular weight is 298 g/mol. The molecular formula is C16H18N4O2. The summed E-state index contributed by atoms with van der Waals surface area (Å²) in [6, 6.07) is 10.7. The summed E-state index contributed by atoms with van der Waals surface area (Å²) in [5, 5.41) is 12.4. The smallest absolute Gasteiger partial charge is 0.322 e. The predicted octanol–water partition coefficient (Wildman–Crippen LogP) is 2.14. The third kappa shape index (κ3) is 3.28. The van der Waals surface area contributed by atoms with Gasteiger partial charge in [-0.15, -0.1) is 0 Å². The minimum atomic E-state index is -0.108. The number of amides is 2. The number of urea groups is 1. The van der Waals surface area contributed by atoms with Crippen molar-refractivity contribution in [2.75, 3.05) is 36.4 Å². The largest absolute Gasteiger partial charge is 0.508 e. The van der Waals surface area contributed by atoms with Crippen LogP contribution in [0.15, 0.2) is 48.8 Å². The Morgan fingerprint density at radius 1 is 1.14 bits per heavy atom. The number of carbonyl (C=O) groups is 1. The van der Waals surface area contributed by atoms with Gasteiger partial charge in [0.2, 0.25) is 0 Å². The first-order valence-corrected chi connectivity index (χ1v) is 7.22. The molecule has 1 aromatic carbocycles. The van der Waals surface area contributed by atoms with Crippen molar-refractivity contribution in [3.8, 4) is 5.75 Å². The summed E-state index contributed by atoms with van der Waals surface area (Å²) in [7, 11) is 0. The van der Waals surface area contributed by atoms with Gasteiger partial charge in [0.05, 0.1) is 11.9 Å². The van der Waals surface area contributed by atoms with Crippen LogP contribution in [0.2, 0.25) is 0 Å². The van der Waals surface area contributed by atoms with Gasteiger partial charge < -0.3 is 20.2 Å². The van der Waals surface area contributed by atoms with Crippen LogP contribution in [-0.4, -0.2) is 47.2 Å². The number of rotatable bonds is 2. The third-order valence-electron chi connectivity index (χ3n) is 3.67. The van der Waals surface area contributed by atoms with Crippen molar-refractivity contribution in [1.29, 1.82) is 0 Å². The number of nitrogens with zero attached hydrogens (tertiary/aromatic N) is 3. The Balaban J connectivity index is 1.56. The van der Waals surface area contributed by atoms with Gasteiger partial charge >= 0.3 is 6.03 Å². The number of phenolic OH excluding ortho intramolecular Hbond substituents is 1. The van der Waals surface area contributed by atoms with Gasteiger partial charge in [0.1, 0.15) is 5.75 Å². The van der Waals surface area contributed by atoms with Crippen molar-refractivity contribution in [2.45, 2.75) is 0 Å². The van der Waals surface area contributed by atoms with E-state index in [2.05, 4.69) is 15.2 Å². The number of aromatic hydroxyl groups is 1. The maximum absolute atomic E-state index is 12.2. The number of hydrogen-bond donors (Lipinski definition) is 2. The SMILES string of the molecule is O=C(Nc1cccnc1)N1CCN(c2cccc(O)c2)CC1. The number of phenols is 1. The van der Waals surface area contributed by atoms with E-state index in [1.807, 2.05) is 18.2 Å². The fourth-order valence-corrected chi connectivity index (χ4v) is 2.50. The first-order chi connectivity index (χ1) is 10.7. The van der Waals surface area contributed by atoms with Gasteiger partial charge in [-0.25, -0.2) is 4.79 Å². The Morgan fingerprint density at radius 2 is 1.95 bits per heavy atom. The van der Waals surface area contributed by atoms with Gasteiger partial charge in [-0.3, -0.25) is 4.98 Å². The van der Waals surface area contributed by atoms with E-state index in [1.54, 1.807) is 35.5 Å². The molecule has 0 radical (unpaired) electrons. The molecule has 0 atom stereocenters. The van der Waals surface area contributed by atoms with E-state index in [-0.39, 0.29) is 11.8 Å². The van der Waals surface area contributed by atoms with Crippen LogP contribution in [0.25, 0.3) is 0 Å². The number of benzene rings is 1. The van der Waals surface area contributed by atoms with Gasteiger partial charge in [0, 0.05) is 44.1 Å². The average Bonchev–Trinajstić information content (AvgIpc) is 2.56. The zero-order valence-electron chi connectivity index (χ0n) is 12.1. The molecule has 6 heteroatoms. The van der Waals surface area contributed by atoms with Gasteiger partial charge in [-0.05, 0) is 24.3 Å². The molecule has 1 aliphatic rings. The Morgan fingerprint density at radius 3 is 2.64 bits per heavy atom. The number of hydrogen-bond acceptors (Lipinski definition) is 4. The fourth-order valence-electron chi connectivity index (χ4n) is 2.50. The van der Waals surface area contributed by atoms with Crippen LogP contribution in [0, 0.1) is 0 Å². The first-order valence-electron chi connectivity index (χ1n) is 7.22. The maximum Gasteiger partial charge on any atom is 0.322 e. The highest BCUT2D eigenvalue weighted by Gasteiger charge is 2.21. The molecule has 0 spiro atoms. The van der Waals surface area contributed by atoms with Crippen molar-refractivity contribution >= 4 is 17.4 Å². The molecule has 6 nitrogen and oxygen atoms in total. The first kappa shape index (κ1) is 14.2. The zero-order valence-corrected chi connectivity index (χ0v) is 12.1. The molecule has 1 fully saturated rings. The van der Waals surface area contributed by atoms with Gasteiger partial charge in [0.15, 0.2) is 0 Å². The van der Waals surface area contributed by atoms with Crippen LogP contribution >= 0.6 is 0 Å². The Kier molecular flexibility index (Phi) is 4.09. The molecule has 22 heavy (non-hydrogen) atoms.